The highest BCUT2D eigenvalue weighted by Gasteiger charge is 2.14. The first-order valence-electron chi connectivity index (χ1n) is 5.59. The average Bonchev–Trinajstić information content (AvgIpc) is 2.22. The summed E-state index contributed by atoms with van der Waals surface area (Å²) < 4.78 is 30.8. The van der Waals surface area contributed by atoms with Crippen LogP contribution < -0.4 is 4.72 Å². The molecule has 7 heteroatoms. The molecule has 0 radical (unpaired) electrons. The lowest BCUT2D eigenvalue weighted by Crippen LogP contribution is -2.22. The number of aromatic hydroxyl groups is 1. The highest BCUT2D eigenvalue weighted by Crippen LogP contribution is 2.21. The Kier molecular flexibility index (Phi) is 4.92. The van der Waals surface area contributed by atoms with Gasteiger partial charge in [0.25, 0.3) is 0 Å². The van der Waals surface area contributed by atoms with Crippen LogP contribution in [-0.4, -0.2) is 37.0 Å². The van der Waals surface area contributed by atoms with E-state index in [0.717, 1.165) is 0 Å². The lowest BCUT2D eigenvalue weighted by Gasteiger charge is -2.10. The maximum absolute atomic E-state index is 11.7. The summed E-state index contributed by atoms with van der Waals surface area (Å²) in [7, 11) is -3.57. The second kappa shape index (κ2) is 6.01. The van der Waals surface area contributed by atoms with Crippen molar-refractivity contribution >= 4 is 15.8 Å². The van der Waals surface area contributed by atoms with Gasteiger partial charge in [-0.1, -0.05) is 0 Å². The molecule has 1 rings (SSSR count). The van der Waals surface area contributed by atoms with Crippen LogP contribution in [0.15, 0.2) is 12.1 Å². The maximum atomic E-state index is 11.7. The molecular formula is C11H18N2O4S. The lowest BCUT2D eigenvalue weighted by atomic mass is 10.3. The molecule has 18 heavy (non-hydrogen) atoms. The van der Waals surface area contributed by atoms with Gasteiger partial charge in [-0.3, -0.25) is 4.72 Å². The van der Waals surface area contributed by atoms with Gasteiger partial charge in [0.15, 0.2) is 11.6 Å². The first kappa shape index (κ1) is 14.7. The predicted octanol–water partition coefficient (Wildman–Crippen LogP) is 1.26. The van der Waals surface area contributed by atoms with Crippen LogP contribution in [0.25, 0.3) is 0 Å². The monoisotopic (exact) mass is 274 g/mol. The molecule has 2 N–H and O–H groups in total. The fraction of sp³-hybridized carbons (Fsp3) is 0.545. The standard InChI is InChI=1S/C11H18N2O4S/c1-8(2)17-6-7-18(15,16)13-11-10(14)5-4-9(3)12-11/h4-5,8,14H,6-7H2,1-3H3,(H,12,13). The van der Waals surface area contributed by atoms with Gasteiger partial charge >= 0.3 is 0 Å². The van der Waals surface area contributed by atoms with Gasteiger partial charge in [0.1, 0.15) is 0 Å². The van der Waals surface area contributed by atoms with Crippen LogP contribution in [-0.2, 0) is 14.8 Å². The summed E-state index contributed by atoms with van der Waals surface area (Å²) in [5, 5.41) is 9.49. The molecule has 0 aliphatic heterocycles. The highest BCUT2D eigenvalue weighted by molar-refractivity contribution is 7.92. The minimum absolute atomic E-state index is 0.0225. The summed E-state index contributed by atoms with van der Waals surface area (Å²) >= 11 is 0. The zero-order valence-corrected chi connectivity index (χ0v) is 11.5. The Labute approximate surface area is 107 Å². The molecule has 0 spiro atoms. The van der Waals surface area contributed by atoms with Gasteiger partial charge in [0.05, 0.1) is 18.5 Å². The van der Waals surface area contributed by atoms with E-state index < -0.39 is 10.0 Å². The number of hydrogen-bond acceptors (Lipinski definition) is 5. The van der Waals surface area contributed by atoms with Crippen molar-refractivity contribution in [3.63, 3.8) is 0 Å². The fourth-order valence-corrected chi connectivity index (χ4v) is 2.08. The third-order valence-corrected chi connectivity index (χ3v) is 3.28. The number of nitrogens with one attached hydrogen (secondary N) is 1. The molecule has 1 aromatic rings. The topological polar surface area (TPSA) is 88.5 Å². The van der Waals surface area contributed by atoms with Gasteiger partial charge < -0.3 is 9.84 Å². The molecule has 1 aromatic heterocycles. The molecule has 0 bridgehead atoms. The van der Waals surface area contributed by atoms with E-state index in [9.17, 15) is 13.5 Å². The largest absolute Gasteiger partial charge is 0.504 e. The molecule has 0 saturated heterocycles. The van der Waals surface area contributed by atoms with Crippen LogP contribution >= 0.6 is 0 Å². The number of aromatic nitrogens is 1. The Bertz CT molecular complexity index is 500. The minimum atomic E-state index is -3.57. The highest BCUT2D eigenvalue weighted by atomic mass is 32.2. The van der Waals surface area contributed by atoms with Gasteiger partial charge in [0.2, 0.25) is 10.0 Å². The van der Waals surface area contributed by atoms with Gasteiger partial charge in [-0.25, -0.2) is 13.4 Å². The van der Waals surface area contributed by atoms with E-state index in [1.165, 1.54) is 6.07 Å². The third-order valence-electron chi connectivity index (χ3n) is 2.07. The smallest absolute Gasteiger partial charge is 0.236 e. The van der Waals surface area contributed by atoms with Crippen molar-refractivity contribution in [1.29, 1.82) is 0 Å². The van der Waals surface area contributed by atoms with Crippen molar-refractivity contribution in [1.82, 2.24) is 4.98 Å². The second-order valence-corrected chi connectivity index (χ2v) is 6.00. The molecule has 102 valence electrons. The molecule has 0 unspecified atom stereocenters. The Balaban J connectivity index is 2.67. The van der Waals surface area contributed by atoms with Crippen molar-refractivity contribution in [3.05, 3.63) is 17.8 Å². The molecule has 0 amide bonds. The number of sulfonamides is 1. The van der Waals surface area contributed by atoms with Gasteiger partial charge in [0, 0.05) is 5.69 Å². The Morgan fingerprint density at radius 3 is 2.72 bits per heavy atom. The fourth-order valence-electron chi connectivity index (χ4n) is 1.22. The summed E-state index contributed by atoms with van der Waals surface area (Å²) in [5.74, 6) is -0.436. The summed E-state index contributed by atoms with van der Waals surface area (Å²) in [5.41, 5.74) is 0.615. The molecule has 0 saturated carbocycles. The van der Waals surface area contributed by atoms with E-state index in [1.807, 2.05) is 13.8 Å². The zero-order chi connectivity index (χ0) is 13.8. The number of aryl methyl sites for hydroxylation is 1. The van der Waals surface area contributed by atoms with Crippen LogP contribution in [0.3, 0.4) is 0 Å². The first-order valence-corrected chi connectivity index (χ1v) is 7.24. The normalized spacial score (nSPS) is 11.8. The van der Waals surface area contributed by atoms with E-state index in [-0.39, 0.29) is 30.0 Å². The van der Waals surface area contributed by atoms with Gasteiger partial charge in [-0.2, -0.15) is 0 Å². The lowest BCUT2D eigenvalue weighted by molar-refractivity contribution is 0.0913. The first-order chi connectivity index (χ1) is 8.30. The number of nitrogens with zero attached hydrogens (tertiary/aromatic N) is 1. The summed E-state index contributed by atoms with van der Waals surface area (Å²) in [4.78, 5) is 3.92. The summed E-state index contributed by atoms with van der Waals surface area (Å²) in [6.45, 7) is 5.46. The van der Waals surface area contributed by atoms with E-state index in [4.69, 9.17) is 4.74 Å². The maximum Gasteiger partial charge on any atom is 0.236 e. The quantitative estimate of drug-likeness (QED) is 0.815. The molecule has 1 heterocycles. The minimum Gasteiger partial charge on any atom is -0.504 e. The zero-order valence-electron chi connectivity index (χ0n) is 10.7. The van der Waals surface area contributed by atoms with E-state index in [0.29, 0.717) is 5.69 Å². The van der Waals surface area contributed by atoms with Crippen LogP contribution in [0.1, 0.15) is 19.5 Å². The van der Waals surface area contributed by atoms with E-state index in [1.54, 1.807) is 13.0 Å². The van der Waals surface area contributed by atoms with Crippen LogP contribution in [0, 0.1) is 6.92 Å². The number of pyridine rings is 1. The van der Waals surface area contributed by atoms with Crippen molar-refractivity contribution in [2.75, 3.05) is 17.1 Å². The Hall–Kier alpha value is -1.34. The molecule has 0 aromatic carbocycles. The predicted molar refractivity (Wildman–Crippen MR) is 69.1 cm³/mol. The van der Waals surface area contributed by atoms with Crippen LogP contribution in [0.5, 0.6) is 5.75 Å². The van der Waals surface area contributed by atoms with Crippen LogP contribution in [0.4, 0.5) is 5.82 Å². The third kappa shape index (κ3) is 4.89. The molecule has 6 nitrogen and oxygen atoms in total. The van der Waals surface area contributed by atoms with E-state index in [2.05, 4.69) is 9.71 Å². The van der Waals surface area contributed by atoms with Crippen molar-refractivity contribution in [2.45, 2.75) is 26.9 Å². The van der Waals surface area contributed by atoms with Crippen molar-refractivity contribution in [3.8, 4) is 5.75 Å². The Morgan fingerprint density at radius 2 is 2.11 bits per heavy atom. The molecule has 0 aliphatic rings. The molecular weight excluding hydrogens is 256 g/mol. The van der Waals surface area contributed by atoms with Crippen molar-refractivity contribution in [2.24, 2.45) is 0 Å². The van der Waals surface area contributed by atoms with Crippen molar-refractivity contribution < 1.29 is 18.3 Å². The Morgan fingerprint density at radius 1 is 1.44 bits per heavy atom. The summed E-state index contributed by atoms with van der Waals surface area (Å²) in [6, 6.07) is 2.99. The van der Waals surface area contributed by atoms with E-state index >= 15 is 0 Å². The van der Waals surface area contributed by atoms with Gasteiger partial charge in [-0.15, -0.1) is 0 Å². The number of anilines is 1. The van der Waals surface area contributed by atoms with Gasteiger partial charge in [-0.05, 0) is 32.9 Å². The van der Waals surface area contributed by atoms with Crippen LogP contribution in [0.2, 0.25) is 0 Å². The average molecular weight is 274 g/mol. The number of rotatable bonds is 6. The second-order valence-electron chi connectivity index (χ2n) is 4.16. The number of ether oxygens (including phenoxy) is 1. The SMILES string of the molecule is Cc1ccc(O)c(NS(=O)(=O)CCOC(C)C)n1. The number of hydrogen-bond donors (Lipinski definition) is 2. The molecule has 0 aliphatic carbocycles. The molecule has 0 fully saturated rings. The summed E-state index contributed by atoms with van der Waals surface area (Å²) in [6.07, 6.45) is -0.0225. The molecule has 0 atom stereocenters.